The van der Waals surface area contributed by atoms with E-state index in [2.05, 4.69) is 15.5 Å². The van der Waals surface area contributed by atoms with Gasteiger partial charge in [0.25, 0.3) is 0 Å². The van der Waals surface area contributed by atoms with E-state index < -0.39 is 5.82 Å². The van der Waals surface area contributed by atoms with Gasteiger partial charge in [-0.3, -0.25) is 4.79 Å². The van der Waals surface area contributed by atoms with Gasteiger partial charge in [0.05, 0.1) is 10.8 Å². The number of aryl methyl sites for hydroxylation is 1. The molecule has 0 fully saturated rings. The van der Waals surface area contributed by atoms with E-state index >= 15 is 0 Å². The maximum atomic E-state index is 13.1. The fraction of sp³-hybridized carbons (Fsp3) is 0.211. The molecule has 0 aliphatic carbocycles. The Morgan fingerprint density at radius 1 is 1.24 bits per heavy atom. The zero-order valence-corrected chi connectivity index (χ0v) is 17.9. The summed E-state index contributed by atoms with van der Waals surface area (Å²) < 4.78 is 20.4. The molecule has 152 valence electrons. The number of aromatic nitrogens is 3. The Kier molecular flexibility index (Phi) is 7.00. The molecule has 2 aromatic carbocycles. The van der Waals surface area contributed by atoms with Gasteiger partial charge in [0, 0.05) is 17.8 Å². The SMILES string of the molecule is Cc1ccc(Cl)cc1NC(=O)CSc1nnc(COc2ccc(F)cc2Cl)n1C. The highest BCUT2D eigenvalue weighted by Gasteiger charge is 2.13. The molecular weight excluding hydrogens is 438 g/mol. The van der Waals surface area contributed by atoms with E-state index in [0.717, 1.165) is 5.56 Å². The van der Waals surface area contributed by atoms with Gasteiger partial charge in [-0.15, -0.1) is 10.2 Å². The Morgan fingerprint density at radius 3 is 2.79 bits per heavy atom. The Hall–Kier alpha value is -2.29. The summed E-state index contributed by atoms with van der Waals surface area (Å²) in [6.45, 7) is 1.99. The molecule has 0 atom stereocenters. The minimum absolute atomic E-state index is 0.101. The number of nitrogens with zero attached hydrogens (tertiary/aromatic N) is 3. The minimum atomic E-state index is -0.439. The lowest BCUT2D eigenvalue weighted by atomic mass is 10.2. The van der Waals surface area contributed by atoms with Crippen molar-refractivity contribution < 1.29 is 13.9 Å². The maximum Gasteiger partial charge on any atom is 0.234 e. The fourth-order valence-electron chi connectivity index (χ4n) is 2.38. The number of rotatable bonds is 7. The third-order valence-electron chi connectivity index (χ3n) is 3.98. The Bertz CT molecular complexity index is 1050. The second-order valence-electron chi connectivity index (χ2n) is 6.12. The summed E-state index contributed by atoms with van der Waals surface area (Å²) in [5.74, 6) is 0.425. The molecular formula is C19H17Cl2FN4O2S. The predicted molar refractivity (Wildman–Crippen MR) is 112 cm³/mol. The van der Waals surface area contributed by atoms with Crippen LogP contribution in [0.15, 0.2) is 41.6 Å². The largest absolute Gasteiger partial charge is 0.484 e. The van der Waals surface area contributed by atoms with Gasteiger partial charge < -0.3 is 14.6 Å². The first-order chi connectivity index (χ1) is 13.8. The van der Waals surface area contributed by atoms with Crippen LogP contribution in [0.1, 0.15) is 11.4 Å². The van der Waals surface area contributed by atoms with Crippen molar-refractivity contribution >= 4 is 46.6 Å². The van der Waals surface area contributed by atoms with Crippen LogP contribution in [0.5, 0.6) is 5.75 Å². The molecule has 3 rings (SSSR count). The van der Waals surface area contributed by atoms with Crippen LogP contribution in [-0.2, 0) is 18.4 Å². The van der Waals surface area contributed by atoms with Crippen molar-refractivity contribution in [3.05, 3.63) is 63.6 Å². The Balaban J connectivity index is 1.56. The molecule has 0 aliphatic heterocycles. The van der Waals surface area contributed by atoms with Crippen LogP contribution in [0, 0.1) is 12.7 Å². The third-order valence-corrected chi connectivity index (χ3v) is 5.53. The van der Waals surface area contributed by atoms with Gasteiger partial charge in [-0.2, -0.15) is 0 Å². The van der Waals surface area contributed by atoms with Crippen molar-refractivity contribution in [2.75, 3.05) is 11.1 Å². The first kappa shape index (κ1) is 21.4. The monoisotopic (exact) mass is 454 g/mol. The van der Waals surface area contributed by atoms with Crippen molar-refractivity contribution in [3.8, 4) is 5.75 Å². The Labute approximate surface area is 181 Å². The zero-order valence-electron chi connectivity index (χ0n) is 15.6. The Morgan fingerprint density at radius 2 is 2.03 bits per heavy atom. The van der Waals surface area contributed by atoms with Crippen LogP contribution in [0.4, 0.5) is 10.1 Å². The van der Waals surface area contributed by atoms with Crippen LogP contribution in [-0.4, -0.2) is 26.4 Å². The summed E-state index contributed by atoms with van der Waals surface area (Å²) in [7, 11) is 1.77. The van der Waals surface area contributed by atoms with Gasteiger partial charge in [-0.05, 0) is 42.8 Å². The van der Waals surface area contributed by atoms with Gasteiger partial charge in [0.2, 0.25) is 5.91 Å². The number of hydrogen-bond acceptors (Lipinski definition) is 5. The average molecular weight is 455 g/mol. The van der Waals surface area contributed by atoms with E-state index in [1.807, 2.05) is 13.0 Å². The van der Waals surface area contributed by atoms with Crippen LogP contribution in [0.2, 0.25) is 10.0 Å². The van der Waals surface area contributed by atoms with Crippen LogP contribution in [0.25, 0.3) is 0 Å². The number of thioether (sulfide) groups is 1. The molecule has 0 saturated carbocycles. The number of carbonyl (C=O) groups is 1. The molecule has 0 spiro atoms. The molecule has 6 nitrogen and oxygen atoms in total. The molecule has 1 heterocycles. The van der Waals surface area contributed by atoms with E-state index in [4.69, 9.17) is 27.9 Å². The molecule has 1 N–H and O–H groups in total. The molecule has 1 amide bonds. The highest BCUT2D eigenvalue weighted by atomic mass is 35.5. The molecule has 29 heavy (non-hydrogen) atoms. The van der Waals surface area contributed by atoms with E-state index in [1.54, 1.807) is 23.7 Å². The van der Waals surface area contributed by atoms with E-state index in [-0.39, 0.29) is 23.3 Å². The van der Waals surface area contributed by atoms with Gasteiger partial charge in [0.1, 0.15) is 18.2 Å². The summed E-state index contributed by atoms with van der Waals surface area (Å²) in [6.07, 6.45) is 0. The highest BCUT2D eigenvalue weighted by Crippen LogP contribution is 2.26. The lowest BCUT2D eigenvalue weighted by molar-refractivity contribution is -0.113. The first-order valence-electron chi connectivity index (χ1n) is 8.48. The molecule has 0 saturated heterocycles. The lowest BCUT2D eigenvalue weighted by Gasteiger charge is -2.09. The van der Waals surface area contributed by atoms with Crippen LogP contribution < -0.4 is 10.1 Å². The fourth-order valence-corrected chi connectivity index (χ4v) is 3.50. The number of nitrogens with one attached hydrogen (secondary N) is 1. The van der Waals surface area contributed by atoms with Crippen molar-refractivity contribution in [3.63, 3.8) is 0 Å². The van der Waals surface area contributed by atoms with E-state index in [1.165, 1.54) is 30.0 Å². The quantitative estimate of drug-likeness (QED) is 0.515. The topological polar surface area (TPSA) is 69.0 Å². The lowest BCUT2D eigenvalue weighted by Crippen LogP contribution is -2.15. The summed E-state index contributed by atoms with van der Waals surface area (Å²) in [5.41, 5.74) is 1.59. The van der Waals surface area contributed by atoms with Crippen LogP contribution >= 0.6 is 35.0 Å². The molecule has 0 unspecified atom stereocenters. The van der Waals surface area contributed by atoms with Gasteiger partial charge in [-0.25, -0.2) is 4.39 Å². The summed E-state index contributed by atoms with van der Waals surface area (Å²) >= 11 is 13.2. The number of carbonyl (C=O) groups excluding carboxylic acids is 1. The summed E-state index contributed by atoms with van der Waals surface area (Å²) in [4.78, 5) is 12.2. The van der Waals surface area contributed by atoms with Crippen LogP contribution in [0.3, 0.4) is 0 Å². The first-order valence-corrected chi connectivity index (χ1v) is 10.2. The normalized spacial score (nSPS) is 10.8. The minimum Gasteiger partial charge on any atom is -0.484 e. The third kappa shape index (κ3) is 5.62. The number of hydrogen-bond donors (Lipinski definition) is 1. The number of amides is 1. The van der Waals surface area contributed by atoms with E-state index in [0.29, 0.717) is 27.4 Å². The van der Waals surface area contributed by atoms with E-state index in [9.17, 15) is 9.18 Å². The second kappa shape index (κ2) is 9.47. The number of halogens is 3. The zero-order chi connectivity index (χ0) is 21.0. The molecule has 1 aromatic heterocycles. The van der Waals surface area contributed by atoms with Gasteiger partial charge in [-0.1, -0.05) is 41.0 Å². The number of benzene rings is 2. The summed E-state index contributed by atoms with van der Waals surface area (Å²) in [5, 5.41) is 12.3. The summed E-state index contributed by atoms with van der Waals surface area (Å²) in [6, 6.07) is 9.20. The smallest absolute Gasteiger partial charge is 0.234 e. The predicted octanol–water partition coefficient (Wildman–Crippen LogP) is 4.88. The van der Waals surface area contributed by atoms with Crippen molar-refractivity contribution in [2.24, 2.45) is 7.05 Å². The standard InChI is InChI=1S/C19H17Cl2FN4O2S/c1-11-3-4-12(20)7-15(11)23-18(27)10-29-19-25-24-17(26(19)2)9-28-16-6-5-13(22)8-14(16)21/h3-8H,9-10H2,1-2H3,(H,23,27). The molecule has 3 aromatic rings. The van der Waals surface area contributed by atoms with Crippen molar-refractivity contribution in [1.82, 2.24) is 14.8 Å². The number of ether oxygens (including phenoxy) is 1. The van der Waals surface area contributed by atoms with Crippen molar-refractivity contribution in [1.29, 1.82) is 0 Å². The van der Waals surface area contributed by atoms with Gasteiger partial charge in [0.15, 0.2) is 11.0 Å². The second-order valence-corrected chi connectivity index (χ2v) is 7.90. The molecule has 0 bridgehead atoms. The molecule has 10 heteroatoms. The molecule has 0 aliphatic rings. The number of anilines is 1. The maximum absolute atomic E-state index is 13.1. The highest BCUT2D eigenvalue weighted by molar-refractivity contribution is 7.99. The van der Waals surface area contributed by atoms with Gasteiger partial charge >= 0.3 is 0 Å². The van der Waals surface area contributed by atoms with Crippen molar-refractivity contribution in [2.45, 2.75) is 18.7 Å². The molecule has 0 radical (unpaired) electrons. The average Bonchev–Trinajstić information content (AvgIpc) is 3.02.